The third-order valence-electron chi connectivity index (χ3n) is 5.00. The topological polar surface area (TPSA) is 84.2 Å². The molecule has 0 aliphatic carbocycles. The van der Waals surface area contributed by atoms with Gasteiger partial charge in [0.15, 0.2) is 0 Å². The highest BCUT2D eigenvalue weighted by molar-refractivity contribution is 6.07. The first-order chi connectivity index (χ1) is 13.5. The zero-order valence-electron chi connectivity index (χ0n) is 15.9. The summed E-state index contributed by atoms with van der Waals surface area (Å²) in [4.78, 5) is 30.7. The lowest BCUT2D eigenvalue weighted by Crippen LogP contribution is -2.07. The number of carbonyl (C=O) groups is 2. The number of methoxy groups -OCH3 is 1. The third kappa shape index (κ3) is 2.93. The number of carbonyl (C=O) groups excluding carboxylic acids is 2. The van der Waals surface area contributed by atoms with Gasteiger partial charge in [-0.15, -0.1) is 0 Å². The Balaban J connectivity index is 1.71. The van der Waals surface area contributed by atoms with Crippen LogP contribution in [0.2, 0.25) is 0 Å². The molecule has 6 heteroatoms. The first-order valence-electron chi connectivity index (χ1n) is 8.93. The number of fused-ring (bicyclic) bond motifs is 2. The van der Waals surface area contributed by atoms with E-state index in [0.29, 0.717) is 11.4 Å². The van der Waals surface area contributed by atoms with Gasteiger partial charge in [0.2, 0.25) is 0 Å². The molecule has 142 valence electrons. The third-order valence-corrected chi connectivity index (χ3v) is 5.00. The van der Waals surface area contributed by atoms with Gasteiger partial charge in [0.1, 0.15) is 18.0 Å². The van der Waals surface area contributed by atoms with E-state index in [4.69, 9.17) is 9.47 Å². The van der Waals surface area contributed by atoms with Gasteiger partial charge in [-0.2, -0.15) is 0 Å². The van der Waals surface area contributed by atoms with Gasteiger partial charge >= 0.3 is 11.9 Å². The Labute approximate surface area is 161 Å². The molecule has 0 amide bonds. The van der Waals surface area contributed by atoms with Crippen molar-refractivity contribution < 1.29 is 19.1 Å². The van der Waals surface area contributed by atoms with Crippen LogP contribution in [0, 0.1) is 13.8 Å². The van der Waals surface area contributed by atoms with Crippen LogP contribution >= 0.6 is 0 Å². The summed E-state index contributed by atoms with van der Waals surface area (Å²) in [7, 11) is 1.35. The average molecular weight is 376 g/mol. The zero-order valence-corrected chi connectivity index (χ0v) is 15.9. The van der Waals surface area contributed by atoms with Crippen LogP contribution in [0.1, 0.15) is 37.7 Å². The first-order valence-corrected chi connectivity index (χ1v) is 8.93. The molecule has 0 aliphatic heterocycles. The van der Waals surface area contributed by atoms with Crippen molar-refractivity contribution in [2.75, 3.05) is 7.11 Å². The highest BCUT2D eigenvalue weighted by Crippen LogP contribution is 2.32. The van der Waals surface area contributed by atoms with E-state index in [2.05, 4.69) is 9.97 Å². The molecule has 2 N–H and O–H groups in total. The number of aryl methyl sites for hydroxylation is 2. The highest BCUT2D eigenvalue weighted by Gasteiger charge is 2.20. The Morgan fingerprint density at radius 1 is 0.964 bits per heavy atom. The smallest absolute Gasteiger partial charge is 0.355 e. The maximum Gasteiger partial charge on any atom is 0.355 e. The molecule has 2 aromatic carbocycles. The van der Waals surface area contributed by atoms with E-state index in [1.165, 1.54) is 7.11 Å². The van der Waals surface area contributed by atoms with Crippen LogP contribution in [0.15, 0.2) is 42.5 Å². The Morgan fingerprint density at radius 3 is 2.43 bits per heavy atom. The van der Waals surface area contributed by atoms with E-state index >= 15 is 0 Å². The number of benzene rings is 2. The number of nitrogens with one attached hydrogen (secondary N) is 2. The van der Waals surface area contributed by atoms with E-state index in [1.54, 1.807) is 6.07 Å². The number of H-pyrrole nitrogens is 2. The van der Waals surface area contributed by atoms with Gasteiger partial charge in [0.05, 0.1) is 7.11 Å². The average Bonchev–Trinajstić information content (AvgIpc) is 3.28. The van der Waals surface area contributed by atoms with Crippen molar-refractivity contribution in [3.63, 3.8) is 0 Å². The highest BCUT2D eigenvalue weighted by atomic mass is 16.5. The van der Waals surface area contributed by atoms with Crippen molar-refractivity contribution in [3.8, 4) is 0 Å². The molecule has 0 radical (unpaired) electrons. The van der Waals surface area contributed by atoms with Gasteiger partial charge in [-0.05, 0) is 42.7 Å². The van der Waals surface area contributed by atoms with Crippen LogP contribution in [0.25, 0.3) is 21.8 Å². The predicted molar refractivity (Wildman–Crippen MR) is 107 cm³/mol. The first kappa shape index (κ1) is 17.9. The minimum Gasteiger partial charge on any atom is -0.464 e. The molecule has 0 unspecified atom stereocenters. The summed E-state index contributed by atoms with van der Waals surface area (Å²) in [5, 5.41) is 1.81. The number of hydrogen-bond donors (Lipinski definition) is 2. The molecule has 2 heterocycles. The van der Waals surface area contributed by atoms with Crippen molar-refractivity contribution in [1.29, 1.82) is 0 Å². The second-order valence-corrected chi connectivity index (χ2v) is 6.75. The number of hydrogen-bond acceptors (Lipinski definition) is 4. The van der Waals surface area contributed by atoms with Crippen molar-refractivity contribution in [2.24, 2.45) is 0 Å². The summed E-state index contributed by atoms with van der Waals surface area (Å²) in [6.45, 7) is 4.07. The molecule has 0 spiro atoms. The molecule has 2 aromatic heterocycles. The normalized spacial score (nSPS) is 11.1. The Morgan fingerprint density at radius 2 is 1.71 bits per heavy atom. The fourth-order valence-electron chi connectivity index (χ4n) is 3.60. The van der Waals surface area contributed by atoms with Crippen LogP contribution in [-0.2, 0) is 16.1 Å². The van der Waals surface area contributed by atoms with Crippen molar-refractivity contribution in [1.82, 2.24) is 9.97 Å². The monoisotopic (exact) mass is 376 g/mol. The lowest BCUT2D eigenvalue weighted by Gasteiger charge is -2.04. The van der Waals surface area contributed by atoms with Crippen LogP contribution in [0.3, 0.4) is 0 Å². The molecule has 4 aromatic rings. The number of aromatic nitrogens is 2. The standard InChI is InChI=1S/C22H20N2O4/c1-12-18-13(2)20(22(26)28-11-14-7-5-4-6-8-14)23-16(18)9-15-10-17(21(25)27-3)24-19(12)15/h4-10,23-24H,11H2,1-3H3. The largest absolute Gasteiger partial charge is 0.464 e. The zero-order chi connectivity index (χ0) is 19.8. The van der Waals surface area contributed by atoms with Crippen LogP contribution in [0.4, 0.5) is 0 Å². The summed E-state index contributed by atoms with van der Waals surface area (Å²) >= 11 is 0. The van der Waals surface area contributed by atoms with Crippen molar-refractivity contribution in [2.45, 2.75) is 20.5 Å². The van der Waals surface area contributed by atoms with E-state index in [1.807, 2.05) is 50.2 Å². The van der Waals surface area contributed by atoms with E-state index in [9.17, 15) is 9.59 Å². The SMILES string of the molecule is COC(=O)c1cc2cc3[nH]c(C(=O)OCc4ccccc4)c(C)c3c(C)c2[nH]1. The van der Waals surface area contributed by atoms with E-state index in [-0.39, 0.29) is 6.61 Å². The summed E-state index contributed by atoms with van der Waals surface area (Å²) in [5.41, 5.74) is 5.22. The maximum absolute atomic E-state index is 12.6. The van der Waals surface area contributed by atoms with E-state index in [0.717, 1.165) is 38.5 Å². The summed E-state index contributed by atoms with van der Waals surface area (Å²) < 4.78 is 10.3. The fourth-order valence-corrected chi connectivity index (χ4v) is 3.60. The molecule has 0 saturated carbocycles. The second-order valence-electron chi connectivity index (χ2n) is 6.75. The summed E-state index contributed by atoms with van der Waals surface area (Å²) in [6, 6.07) is 13.2. The van der Waals surface area contributed by atoms with Crippen molar-refractivity contribution in [3.05, 3.63) is 70.5 Å². The van der Waals surface area contributed by atoms with Gasteiger partial charge in [-0.1, -0.05) is 30.3 Å². The maximum atomic E-state index is 12.6. The lowest BCUT2D eigenvalue weighted by atomic mass is 10.0. The van der Waals surface area contributed by atoms with Gasteiger partial charge in [-0.25, -0.2) is 9.59 Å². The molecule has 0 aliphatic rings. The van der Waals surface area contributed by atoms with Crippen LogP contribution in [0.5, 0.6) is 0 Å². The molecule has 6 nitrogen and oxygen atoms in total. The quantitative estimate of drug-likeness (QED) is 0.517. The predicted octanol–water partition coefficient (Wildman–Crippen LogP) is 4.41. The number of ether oxygens (including phenoxy) is 2. The Bertz CT molecular complexity index is 1200. The number of aromatic amines is 2. The molecular formula is C22H20N2O4. The molecule has 4 rings (SSSR count). The van der Waals surface area contributed by atoms with Gasteiger partial charge in [-0.3, -0.25) is 0 Å². The van der Waals surface area contributed by atoms with E-state index < -0.39 is 11.9 Å². The van der Waals surface area contributed by atoms with Gasteiger partial charge in [0, 0.05) is 21.8 Å². The summed E-state index contributed by atoms with van der Waals surface area (Å²) in [5.74, 6) is -0.808. The fraction of sp³-hybridized carbons (Fsp3) is 0.182. The van der Waals surface area contributed by atoms with Crippen LogP contribution in [-0.4, -0.2) is 29.0 Å². The molecule has 0 fully saturated rings. The Kier molecular flexibility index (Phi) is 4.39. The minimum absolute atomic E-state index is 0.219. The molecule has 0 atom stereocenters. The molecule has 0 bridgehead atoms. The molecule has 28 heavy (non-hydrogen) atoms. The van der Waals surface area contributed by atoms with Gasteiger partial charge in [0.25, 0.3) is 0 Å². The second kappa shape index (κ2) is 6.88. The lowest BCUT2D eigenvalue weighted by molar-refractivity contribution is 0.0465. The minimum atomic E-state index is -0.416. The molecular weight excluding hydrogens is 356 g/mol. The van der Waals surface area contributed by atoms with Crippen LogP contribution < -0.4 is 0 Å². The number of esters is 2. The molecule has 0 saturated heterocycles. The van der Waals surface area contributed by atoms with Crippen molar-refractivity contribution >= 4 is 33.7 Å². The Hall–Kier alpha value is -3.54. The van der Waals surface area contributed by atoms with Gasteiger partial charge < -0.3 is 19.4 Å². The summed E-state index contributed by atoms with van der Waals surface area (Å²) in [6.07, 6.45) is 0. The number of rotatable bonds is 4.